The van der Waals surface area contributed by atoms with E-state index in [0.29, 0.717) is 12.2 Å². The average Bonchev–Trinajstić information content (AvgIpc) is 2.14. The molecule has 0 radical (unpaired) electrons. The monoisotopic (exact) mass is 202 g/mol. The molecule has 3 nitrogen and oxygen atoms in total. The Morgan fingerprint density at radius 2 is 2.15 bits per heavy atom. The summed E-state index contributed by atoms with van der Waals surface area (Å²) in [4.78, 5) is 11.2. The number of rotatable bonds is 6. The third-order valence-electron chi connectivity index (χ3n) is 1.47. The Morgan fingerprint density at radius 1 is 1.46 bits per heavy atom. The Bertz CT molecular complexity index is 178. The van der Waals surface area contributed by atoms with Crippen molar-refractivity contribution >= 4 is 15.7 Å². The number of hydrogen-bond donors (Lipinski definition) is 0. The number of ether oxygens (including phenoxy) is 1. The highest BCUT2D eigenvalue weighted by atomic mass is 28.2. The predicted octanol–water partition coefficient (Wildman–Crippen LogP) is 0.964. The highest BCUT2D eigenvalue weighted by molar-refractivity contribution is 6.35. The van der Waals surface area contributed by atoms with E-state index in [2.05, 4.69) is 0 Å². The molecule has 0 bridgehead atoms. The van der Waals surface area contributed by atoms with Crippen LogP contribution < -0.4 is 0 Å². The zero-order valence-electron chi connectivity index (χ0n) is 8.63. The summed E-state index contributed by atoms with van der Waals surface area (Å²) in [6.45, 7) is 6.91. The summed E-state index contributed by atoms with van der Waals surface area (Å²) < 4.78 is 10.2. The third kappa shape index (κ3) is 6.54. The maximum atomic E-state index is 11.2. The molecule has 0 atom stereocenters. The van der Waals surface area contributed by atoms with Crippen molar-refractivity contribution in [3.8, 4) is 0 Å². The minimum atomic E-state index is -0.665. The zero-order valence-corrected chi connectivity index (χ0v) is 10.0. The number of hydrogen-bond acceptors (Lipinski definition) is 3. The molecule has 76 valence electrons. The molecular weight excluding hydrogens is 184 g/mol. The van der Waals surface area contributed by atoms with Gasteiger partial charge in [-0.05, 0) is 20.3 Å². The Hall–Kier alpha value is -0.613. The molecule has 0 rings (SSSR count). The second-order valence-corrected chi connectivity index (χ2v) is 3.83. The van der Waals surface area contributed by atoms with Gasteiger partial charge < -0.3 is 9.16 Å². The van der Waals surface area contributed by atoms with E-state index in [4.69, 9.17) is 9.16 Å². The van der Waals surface area contributed by atoms with Gasteiger partial charge in [-0.1, -0.05) is 12.6 Å². The van der Waals surface area contributed by atoms with Crippen LogP contribution in [0.1, 0.15) is 27.2 Å². The molecule has 0 aromatic rings. The lowest BCUT2D eigenvalue weighted by Crippen LogP contribution is -2.08. The fourth-order valence-electron chi connectivity index (χ4n) is 0.694. The lowest BCUT2D eigenvalue weighted by Gasteiger charge is -2.02. The van der Waals surface area contributed by atoms with Gasteiger partial charge in [0.05, 0.1) is 6.61 Å². The molecule has 0 heterocycles. The van der Waals surface area contributed by atoms with Gasteiger partial charge in [-0.3, -0.25) is 0 Å². The van der Waals surface area contributed by atoms with Gasteiger partial charge in [0.25, 0.3) is 0 Å². The topological polar surface area (TPSA) is 35.5 Å². The first-order valence-electron chi connectivity index (χ1n) is 4.64. The summed E-state index contributed by atoms with van der Waals surface area (Å²) in [5.41, 5.74) is 2.55. The molecule has 0 aliphatic rings. The van der Waals surface area contributed by atoms with Gasteiger partial charge in [-0.15, -0.1) is 0 Å². The molecule has 0 saturated heterocycles. The first-order valence-corrected chi connectivity index (χ1v) is 6.03. The molecule has 0 fully saturated rings. The van der Waals surface area contributed by atoms with Crippen molar-refractivity contribution in [1.29, 1.82) is 0 Å². The van der Waals surface area contributed by atoms with Crippen molar-refractivity contribution in [2.45, 2.75) is 27.2 Å². The molecule has 4 heteroatoms. The van der Waals surface area contributed by atoms with E-state index in [0.717, 1.165) is 13.0 Å². The number of esters is 1. The van der Waals surface area contributed by atoms with E-state index in [1.54, 1.807) is 6.92 Å². The fourth-order valence-corrected chi connectivity index (χ4v) is 1.46. The maximum Gasteiger partial charge on any atom is 0.333 e. The molecule has 0 N–H and O–H groups in total. The van der Waals surface area contributed by atoms with Crippen molar-refractivity contribution in [3.63, 3.8) is 0 Å². The molecule has 0 amide bonds. The zero-order chi connectivity index (χ0) is 10.1. The van der Waals surface area contributed by atoms with Crippen LogP contribution in [0.15, 0.2) is 11.3 Å². The first kappa shape index (κ1) is 12.4. The lowest BCUT2D eigenvalue weighted by molar-refractivity contribution is -0.138. The summed E-state index contributed by atoms with van der Waals surface area (Å²) in [5.74, 6) is -0.214. The van der Waals surface area contributed by atoms with Crippen LogP contribution in [0.4, 0.5) is 0 Å². The molecule has 0 aromatic heterocycles. The van der Waals surface area contributed by atoms with Gasteiger partial charge in [-0.25, -0.2) is 4.79 Å². The van der Waals surface area contributed by atoms with Crippen LogP contribution in [0.2, 0.25) is 0 Å². The van der Waals surface area contributed by atoms with Crippen molar-refractivity contribution in [2.24, 2.45) is 0 Å². The van der Waals surface area contributed by atoms with Crippen LogP contribution in [-0.2, 0) is 14.0 Å². The molecule has 0 saturated carbocycles. The van der Waals surface area contributed by atoms with Crippen LogP contribution in [0.25, 0.3) is 0 Å². The van der Waals surface area contributed by atoms with Crippen LogP contribution >= 0.6 is 0 Å². The van der Waals surface area contributed by atoms with Crippen molar-refractivity contribution < 1.29 is 14.0 Å². The van der Waals surface area contributed by atoms with Gasteiger partial charge in [-0.2, -0.15) is 0 Å². The SMILES string of the molecule is CCCOC(=O)C(C)=C[SiH2]OCC. The highest BCUT2D eigenvalue weighted by Gasteiger charge is 2.03. The van der Waals surface area contributed by atoms with Crippen LogP contribution in [0.5, 0.6) is 0 Å². The second-order valence-electron chi connectivity index (χ2n) is 2.68. The van der Waals surface area contributed by atoms with E-state index in [1.165, 1.54) is 0 Å². The summed E-state index contributed by atoms with van der Waals surface area (Å²) in [6, 6.07) is 0. The number of carbonyl (C=O) groups is 1. The minimum absolute atomic E-state index is 0.214. The van der Waals surface area contributed by atoms with Gasteiger partial charge in [0, 0.05) is 12.2 Å². The molecule has 0 aliphatic carbocycles. The second kappa shape index (κ2) is 8.01. The van der Waals surface area contributed by atoms with E-state index in [9.17, 15) is 4.79 Å². The number of carbonyl (C=O) groups excluding carboxylic acids is 1. The standard InChI is InChI=1S/C9H18O3Si/c1-4-6-11-9(10)8(3)7-13-12-5-2/h7H,4-6,13H2,1-3H3. The van der Waals surface area contributed by atoms with Crippen molar-refractivity contribution in [2.75, 3.05) is 13.2 Å². The molecule has 0 aliphatic heterocycles. The predicted molar refractivity (Wildman–Crippen MR) is 55.2 cm³/mol. The lowest BCUT2D eigenvalue weighted by atomic mass is 10.4. The van der Waals surface area contributed by atoms with Crippen molar-refractivity contribution in [1.82, 2.24) is 0 Å². The molecule has 0 unspecified atom stereocenters. The Kier molecular flexibility index (Phi) is 7.63. The summed E-state index contributed by atoms with van der Waals surface area (Å²) >= 11 is 0. The van der Waals surface area contributed by atoms with E-state index < -0.39 is 9.76 Å². The van der Waals surface area contributed by atoms with Gasteiger partial charge in [0.15, 0.2) is 9.76 Å². The van der Waals surface area contributed by atoms with E-state index >= 15 is 0 Å². The Balaban J connectivity index is 3.72. The Labute approximate surface area is 82.1 Å². The average molecular weight is 202 g/mol. The molecular formula is C9H18O3Si. The quantitative estimate of drug-likeness (QED) is 0.278. The van der Waals surface area contributed by atoms with Crippen LogP contribution in [0, 0.1) is 0 Å². The van der Waals surface area contributed by atoms with E-state index in [1.807, 2.05) is 19.5 Å². The van der Waals surface area contributed by atoms with Gasteiger partial charge in [0.2, 0.25) is 0 Å². The van der Waals surface area contributed by atoms with Crippen LogP contribution in [0.3, 0.4) is 0 Å². The fraction of sp³-hybridized carbons (Fsp3) is 0.667. The summed E-state index contributed by atoms with van der Waals surface area (Å²) in [6.07, 6.45) is 0.863. The Morgan fingerprint density at radius 3 is 2.69 bits per heavy atom. The smallest absolute Gasteiger partial charge is 0.333 e. The van der Waals surface area contributed by atoms with Crippen LogP contribution in [-0.4, -0.2) is 28.9 Å². The first-order chi connectivity index (χ1) is 6.22. The maximum absolute atomic E-state index is 11.2. The van der Waals surface area contributed by atoms with Gasteiger partial charge >= 0.3 is 5.97 Å². The third-order valence-corrected chi connectivity index (χ3v) is 2.89. The molecule has 13 heavy (non-hydrogen) atoms. The molecule has 0 spiro atoms. The van der Waals surface area contributed by atoms with Gasteiger partial charge in [0.1, 0.15) is 0 Å². The van der Waals surface area contributed by atoms with Crippen molar-refractivity contribution in [3.05, 3.63) is 11.3 Å². The normalized spacial score (nSPS) is 12.4. The summed E-state index contributed by atoms with van der Waals surface area (Å²) in [5, 5.41) is 0. The summed E-state index contributed by atoms with van der Waals surface area (Å²) in [7, 11) is -0.665. The largest absolute Gasteiger partial charge is 0.462 e. The molecule has 0 aromatic carbocycles. The highest BCUT2D eigenvalue weighted by Crippen LogP contribution is 1.96. The van der Waals surface area contributed by atoms with E-state index in [-0.39, 0.29) is 5.97 Å². The minimum Gasteiger partial charge on any atom is -0.462 e.